The third-order valence-corrected chi connectivity index (χ3v) is 6.65. The number of halogens is 1. The Hall–Kier alpha value is -2.73. The van der Waals surface area contributed by atoms with E-state index in [9.17, 15) is 9.90 Å². The minimum atomic E-state index is -0.612. The highest BCUT2D eigenvalue weighted by atomic mass is 35.5. The number of likely N-dealkylation sites (tertiary alicyclic amines) is 1. The molecular formula is C23H24ClN3O3. The lowest BCUT2D eigenvalue weighted by Gasteiger charge is -2.51. The van der Waals surface area contributed by atoms with E-state index in [0.717, 1.165) is 28.2 Å². The molecule has 0 aliphatic carbocycles. The number of phenols is 1. The number of fused-ring (bicyclic) bond motifs is 4. The summed E-state index contributed by atoms with van der Waals surface area (Å²) in [5.74, 6) is 1.13. The van der Waals surface area contributed by atoms with Crippen molar-refractivity contribution in [3.05, 3.63) is 58.1 Å². The predicted octanol–water partition coefficient (Wildman–Crippen LogP) is 4.24. The topological polar surface area (TPSA) is 65.4 Å². The van der Waals surface area contributed by atoms with Crippen LogP contribution in [0.3, 0.4) is 0 Å². The van der Waals surface area contributed by atoms with Crippen molar-refractivity contribution < 1.29 is 14.6 Å². The third kappa shape index (κ3) is 3.01. The van der Waals surface area contributed by atoms with Crippen molar-refractivity contribution in [2.24, 2.45) is 5.10 Å². The molecule has 7 heteroatoms. The number of aryl methyl sites for hydroxylation is 1. The van der Waals surface area contributed by atoms with Crippen LogP contribution in [0.15, 0.2) is 41.5 Å². The van der Waals surface area contributed by atoms with E-state index in [1.54, 1.807) is 13.0 Å². The first-order chi connectivity index (χ1) is 14.4. The average molecular weight is 426 g/mol. The van der Waals surface area contributed by atoms with E-state index >= 15 is 0 Å². The van der Waals surface area contributed by atoms with E-state index < -0.39 is 5.72 Å². The smallest absolute Gasteiger partial charge is 0.219 e. The maximum absolute atomic E-state index is 11.8. The molecule has 156 valence electrons. The number of carbonyl (C=O) groups excluding carboxylic acids is 1. The molecule has 6 nitrogen and oxygen atoms in total. The number of phenolic OH excluding ortho intramolecular Hbond substituents is 1. The lowest BCUT2D eigenvalue weighted by molar-refractivity contribution is -0.158. The predicted molar refractivity (Wildman–Crippen MR) is 115 cm³/mol. The van der Waals surface area contributed by atoms with E-state index in [1.807, 2.05) is 42.2 Å². The number of hydrogen-bond donors (Lipinski definition) is 1. The number of ether oxygens (including phenoxy) is 1. The largest absolute Gasteiger partial charge is 0.507 e. The minimum Gasteiger partial charge on any atom is -0.507 e. The molecule has 1 spiro atoms. The highest BCUT2D eigenvalue weighted by Crippen LogP contribution is 2.50. The molecule has 1 saturated heterocycles. The Bertz CT molecular complexity index is 1060. The van der Waals surface area contributed by atoms with Crippen molar-refractivity contribution in [2.45, 2.75) is 44.9 Å². The Morgan fingerprint density at radius 3 is 2.73 bits per heavy atom. The Labute approximate surface area is 180 Å². The van der Waals surface area contributed by atoms with Crippen molar-refractivity contribution in [3.63, 3.8) is 0 Å². The number of hydrogen-bond acceptors (Lipinski definition) is 5. The Morgan fingerprint density at radius 1 is 1.23 bits per heavy atom. The molecule has 5 rings (SSSR count). The highest BCUT2D eigenvalue weighted by Gasteiger charge is 2.52. The zero-order valence-electron chi connectivity index (χ0n) is 17.1. The van der Waals surface area contributed by atoms with Gasteiger partial charge in [0, 0.05) is 55.4 Å². The van der Waals surface area contributed by atoms with Gasteiger partial charge in [0.25, 0.3) is 0 Å². The molecule has 30 heavy (non-hydrogen) atoms. The number of hydrazone groups is 1. The van der Waals surface area contributed by atoms with Crippen LogP contribution in [-0.2, 0) is 4.79 Å². The summed E-state index contributed by atoms with van der Waals surface area (Å²) in [6, 6.07) is 11.3. The van der Waals surface area contributed by atoms with Crippen molar-refractivity contribution in [2.75, 3.05) is 13.1 Å². The molecule has 0 aromatic heterocycles. The number of aromatic hydroxyl groups is 1. The van der Waals surface area contributed by atoms with Gasteiger partial charge in [-0.25, -0.2) is 5.01 Å². The highest BCUT2D eigenvalue weighted by molar-refractivity contribution is 6.30. The summed E-state index contributed by atoms with van der Waals surface area (Å²) >= 11 is 6.30. The van der Waals surface area contributed by atoms with Crippen LogP contribution in [0.5, 0.6) is 11.5 Å². The van der Waals surface area contributed by atoms with Gasteiger partial charge in [-0.1, -0.05) is 23.2 Å². The summed E-state index contributed by atoms with van der Waals surface area (Å²) in [4.78, 5) is 13.7. The number of piperidine rings is 1. The second-order valence-corrected chi connectivity index (χ2v) is 8.80. The van der Waals surface area contributed by atoms with Crippen LogP contribution in [0.4, 0.5) is 0 Å². The number of carbonyl (C=O) groups is 1. The maximum atomic E-state index is 11.8. The van der Waals surface area contributed by atoms with Crippen molar-refractivity contribution in [1.82, 2.24) is 9.91 Å². The fraction of sp³-hybridized carbons (Fsp3) is 0.391. The standard InChI is InChI=1S/C23H24ClN3O3/c1-14-3-5-21(29)17(11-14)19-13-20-18-12-16(24)4-6-22(18)30-23(27(20)25-19)7-9-26(10-8-23)15(2)28/h3-6,11-12,20,29H,7-10,13H2,1-2H3. The van der Waals surface area contributed by atoms with Gasteiger partial charge in [-0.05, 0) is 37.3 Å². The number of rotatable bonds is 1. The molecule has 3 heterocycles. The van der Waals surface area contributed by atoms with Gasteiger partial charge in [0.15, 0.2) is 0 Å². The summed E-state index contributed by atoms with van der Waals surface area (Å²) < 4.78 is 6.56. The van der Waals surface area contributed by atoms with Crippen LogP contribution in [-0.4, -0.2) is 45.4 Å². The molecule has 2 aromatic carbocycles. The SMILES string of the molecule is CC(=O)N1CCC2(CC1)Oc1ccc(Cl)cc1C1CC(c3cc(C)ccc3O)=NN12. The van der Waals surface area contributed by atoms with Gasteiger partial charge < -0.3 is 14.7 Å². The summed E-state index contributed by atoms with van der Waals surface area (Å²) in [5, 5.41) is 18.2. The Kier molecular flexibility index (Phi) is 4.43. The van der Waals surface area contributed by atoms with E-state index in [4.69, 9.17) is 21.4 Å². The van der Waals surface area contributed by atoms with Crippen LogP contribution in [0.1, 0.15) is 48.9 Å². The van der Waals surface area contributed by atoms with Crippen LogP contribution in [0, 0.1) is 6.92 Å². The van der Waals surface area contributed by atoms with Gasteiger partial charge >= 0.3 is 0 Å². The average Bonchev–Trinajstić information content (AvgIpc) is 3.17. The Morgan fingerprint density at radius 2 is 2.00 bits per heavy atom. The summed E-state index contributed by atoms with van der Waals surface area (Å²) in [6.45, 7) is 4.86. The lowest BCUT2D eigenvalue weighted by atomic mass is 9.90. The van der Waals surface area contributed by atoms with Gasteiger partial charge in [-0.2, -0.15) is 5.10 Å². The van der Waals surface area contributed by atoms with Crippen LogP contribution < -0.4 is 4.74 Å². The zero-order chi connectivity index (χ0) is 21.0. The summed E-state index contributed by atoms with van der Waals surface area (Å²) in [6.07, 6.45) is 2.00. The molecule has 1 amide bonds. The van der Waals surface area contributed by atoms with Crippen LogP contribution in [0.2, 0.25) is 5.02 Å². The van der Waals surface area contributed by atoms with Gasteiger partial charge in [0.05, 0.1) is 11.8 Å². The quantitative estimate of drug-likeness (QED) is 0.742. The first-order valence-corrected chi connectivity index (χ1v) is 10.6. The first kappa shape index (κ1) is 19.2. The molecule has 2 aromatic rings. The molecule has 0 radical (unpaired) electrons. The first-order valence-electron chi connectivity index (χ1n) is 10.3. The van der Waals surface area contributed by atoms with Crippen molar-refractivity contribution >= 4 is 23.2 Å². The number of benzene rings is 2. The van der Waals surface area contributed by atoms with E-state index in [0.29, 0.717) is 37.4 Å². The van der Waals surface area contributed by atoms with Gasteiger partial charge in [0.2, 0.25) is 11.6 Å². The lowest BCUT2D eigenvalue weighted by Crippen LogP contribution is -2.59. The normalized spacial score (nSPS) is 21.7. The molecular weight excluding hydrogens is 402 g/mol. The fourth-order valence-corrected chi connectivity index (χ4v) is 4.98. The molecule has 1 atom stereocenters. The van der Waals surface area contributed by atoms with Crippen LogP contribution >= 0.6 is 11.6 Å². The number of amides is 1. The maximum Gasteiger partial charge on any atom is 0.219 e. The zero-order valence-corrected chi connectivity index (χ0v) is 17.8. The summed E-state index contributed by atoms with van der Waals surface area (Å²) in [5.41, 5.74) is 3.06. The minimum absolute atomic E-state index is 0.0220. The summed E-state index contributed by atoms with van der Waals surface area (Å²) in [7, 11) is 0. The molecule has 1 N–H and O–H groups in total. The molecule has 3 aliphatic heterocycles. The third-order valence-electron chi connectivity index (χ3n) is 6.41. The van der Waals surface area contributed by atoms with Crippen LogP contribution in [0.25, 0.3) is 0 Å². The molecule has 1 unspecified atom stereocenters. The monoisotopic (exact) mass is 425 g/mol. The molecule has 1 fully saturated rings. The molecule has 3 aliphatic rings. The van der Waals surface area contributed by atoms with E-state index in [1.165, 1.54) is 0 Å². The number of nitrogens with zero attached hydrogens (tertiary/aromatic N) is 3. The Balaban J connectivity index is 1.58. The van der Waals surface area contributed by atoms with Gasteiger partial charge in [-0.3, -0.25) is 4.79 Å². The second kappa shape index (κ2) is 6.91. The molecule has 0 bridgehead atoms. The van der Waals surface area contributed by atoms with E-state index in [-0.39, 0.29) is 17.7 Å². The van der Waals surface area contributed by atoms with Crippen molar-refractivity contribution in [3.8, 4) is 11.5 Å². The van der Waals surface area contributed by atoms with Crippen molar-refractivity contribution in [1.29, 1.82) is 0 Å². The fourth-order valence-electron chi connectivity index (χ4n) is 4.80. The van der Waals surface area contributed by atoms with Gasteiger partial charge in [0.1, 0.15) is 11.5 Å². The molecule has 0 saturated carbocycles. The second-order valence-electron chi connectivity index (χ2n) is 8.37. The van der Waals surface area contributed by atoms with Gasteiger partial charge in [-0.15, -0.1) is 0 Å². The van der Waals surface area contributed by atoms with E-state index in [2.05, 4.69) is 5.01 Å².